The molecule has 2 amide bonds. The Morgan fingerprint density at radius 3 is 2.06 bits per heavy atom. The molecule has 0 spiro atoms. The zero-order valence-corrected chi connectivity index (χ0v) is 20.9. The molecule has 0 radical (unpaired) electrons. The molecule has 0 unspecified atom stereocenters. The average molecular weight is 482 g/mol. The van der Waals surface area contributed by atoms with Crippen LogP contribution >= 0.6 is 0 Å². The first-order valence-electron chi connectivity index (χ1n) is 11.1. The highest BCUT2D eigenvalue weighted by atomic mass is 32.2. The molecule has 3 aromatic rings. The SMILES string of the molecule is CC(C)[C@H](NC(=O)c1ccccc1)C(=O)Nc1cccc2c(S(=O)(=O)NC(C)(C)C)cccc12. The Hall–Kier alpha value is -3.23. The van der Waals surface area contributed by atoms with Crippen molar-refractivity contribution in [3.05, 3.63) is 72.3 Å². The molecule has 3 aromatic carbocycles. The number of sulfonamides is 1. The minimum atomic E-state index is -3.79. The molecule has 0 bridgehead atoms. The van der Waals surface area contributed by atoms with Gasteiger partial charge in [0.15, 0.2) is 0 Å². The van der Waals surface area contributed by atoms with Crippen molar-refractivity contribution in [2.45, 2.75) is 51.1 Å². The van der Waals surface area contributed by atoms with Crippen LogP contribution in [-0.4, -0.2) is 31.8 Å². The van der Waals surface area contributed by atoms with Crippen LogP contribution < -0.4 is 15.4 Å². The summed E-state index contributed by atoms with van der Waals surface area (Å²) in [5.74, 6) is -0.892. The van der Waals surface area contributed by atoms with E-state index in [9.17, 15) is 18.0 Å². The number of carbonyl (C=O) groups is 2. The quantitative estimate of drug-likeness (QED) is 0.468. The van der Waals surface area contributed by atoms with Gasteiger partial charge >= 0.3 is 0 Å². The Morgan fingerprint density at radius 1 is 0.824 bits per heavy atom. The van der Waals surface area contributed by atoms with Crippen molar-refractivity contribution < 1.29 is 18.0 Å². The second-order valence-electron chi connectivity index (χ2n) is 9.56. The van der Waals surface area contributed by atoms with Crippen molar-refractivity contribution in [2.75, 3.05) is 5.32 Å². The first kappa shape index (κ1) is 25.4. The third kappa shape index (κ3) is 6.01. The van der Waals surface area contributed by atoms with Crippen LogP contribution in [0.25, 0.3) is 10.8 Å². The summed E-state index contributed by atoms with van der Waals surface area (Å²) in [5, 5.41) is 6.77. The van der Waals surface area contributed by atoms with Crippen LogP contribution in [0.1, 0.15) is 45.0 Å². The summed E-state index contributed by atoms with van der Waals surface area (Å²) in [6, 6.07) is 18.0. The van der Waals surface area contributed by atoms with Gasteiger partial charge in [-0.15, -0.1) is 0 Å². The Bertz CT molecular complexity index is 1300. The van der Waals surface area contributed by atoms with Crippen LogP contribution in [0.2, 0.25) is 0 Å². The van der Waals surface area contributed by atoms with E-state index in [0.29, 0.717) is 22.0 Å². The topological polar surface area (TPSA) is 104 Å². The third-order valence-electron chi connectivity index (χ3n) is 5.14. The van der Waals surface area contributed by atoms with Crippen LogP contribution in [0, 0.1) is 5.92 Å². The maximum atomic E-state index is 13.2. The molecule has 1 atom stereocenters. The minimum absolute atomic E-state index is 0.133. The highest BCUT2D eigenvalue weighted by molar-refractivity contribution is 7.89. The predicted molar refractivity (Wildman–Crippen MR) is 135 cm³/mol. The zero-order valence-electron chi connectivity index (χ0n) is 20.0. The van der Waals surface area contributed by atoms with Crippen molar-refractivity contribution in [2.24, 2.45) is 5.92 Å². The van der Waals surface area contributed by atoms with Gasteiger partial charge in [-0.1, -0.05) is 56.3 Å². The van der Waals surface area contributed by atoms with Gasteiger partial charge < -0.3 is 10.6 Å². The fraction of sp³-hybridized carbons (Fsp3) is 0.308. The van der Waals surface area contributed by atoms with E-state index in [1.54, 1.807) is 81.4 Å². The van der Waals surface area contributed by atoms with Crippen LogP contribution in [0.5, 0.6) is 0 Å². The van der Waals surface area contributed by atoms with E-state index in [1.165, 1.54) is 0 Å². The van der Waals surface area contributed by atoms with Gasteiger partial charge in [-0.2, -0.15) is 0 Å². The zero-order chi connectivity index (χ0) is 25.1. The van der Waals surface area contributed by atoms with Crippen LogP contribution in [0.15, 0.2) is 71.6 Å². The Balaban J connectivity index is 1.92. The summed E-state index contributed by atoms with van der Waals surface area (Å²) < 4.78 is 28.7. The average Bonchev–Trinajstić information content (AvgIpc) is 2.75. The van der Waals surface area contributed by atoms with E-state index >= 15 is 0 Å². The van der Waals surface area contributed by atoms with Gasteiger partial charge in [0.1, 0.15) is 6.04 Å². The van der Waals surface area contributed by atoms with Gasteiger partial charge in [-0.25, -0.2) is 13.1 Å². The number of benzene rings is 3. The molecule has 7 nitrogen and oxygen atoms in total. The summed E-state index contributed by atoms with van der Waals surface area (Å²) in [5.41, 5.74) is 0.288. The maximum Gasteiger partial charge on any atom is 0.251 e. The van der Waals surface area contributed by atoms with E-state index in [-0.39, 0.29) is 22.6 Å². The molecule has 8 heteroatoms. The molecule has 0 aliphatic rings. The van der Waals surface area contributed by atoms with Gasteiger partial charge in [-0.05, 0) is 51.0 Å². The van der Waals surface area contributed by atoms with E-state index in [1.807, 2.05) is 19.9 Å². The first-order valence-corrected chi connectivity index (χ1v) is 12.6. The smallest absolute Gasteiger partial charge is 0.251 e. The molecule has 3 N–H and O–H groups in total. The molecule has 34 heavy (non-hydrogen) atoms. The van der Waals surface area contributed by atoms with E-state index in [0.717, 1.165) is 0 Å². The summed E-state index contributed by atoms with van der Waals surface area (Å²) in [4.78, 5) is 25.9. The molecule has 0 fully saturated rings. The van der Waals surface area contributed by atoms with Gasteiger partial charge in [0.2, 0.25) is 15.9 Å². The van der Waals surface area contributed by atoms with Crippen molar-refractivity contribution in [3.8, 4) is 0 Å². The number of hydrogen-bond acceptors (Lipinski definition) is 4. The fourth-order valence-electron chi connectivity index (χ4n) is 3.64. The fourth-order valence-corrected chi connectivity index (χ4v) is 5.28. The van der Waals surface area contributed by atoms with Crippen molar-refractivity contribution in [3.63, 3.8) is 0 Å². The summed E-state index contributed by atoms with van der Waals surface area (Å²) in [6.45, 7) is 9.02. The van der Waals surface area contributed by atoms with Crippen molar-refractivity contribution in [1.82, 2.24) is 10.0 Å². The van der Waals surface area contributed by atoms with Gasteiger partial charge in [0.25, 0.3) is 5.91 Å². The predicted octanol–water partition coefficient (Wildman–Crippen LogP) is 4.31. The molecule has 0 saturated heterocycles. The third-order valence-corrected chi connectivity index (χ3v) is 6.96. The van der Waals surface area contributed by atoms with E-state index in [2.05, 4.69) is 15.4 Å². The number of carbonyl (C=O) groups excluding carboxylic acids is 2. The molecular weight excluding hydrogens is 450 g/mol. The highest BCUT2D eigenvalue weighted by Crippen LogP contribution is 2.29. The number of anilines is 1. The van der Waals surface area contributed by atoms with Crippen LogP contribution in [-0.2, 0) is 14.8 Å². The molecule has 0 aliphatic carbocycles. The normalized spacial score (nSPS) is 13.0. The minimum Gasteiger partial charge on any atom is -0.340 e. The molecular formula is C26H31N3O4S. The molecule has 0 saturated carbocycles. The standard InChI is InChI=1S/C26H31N3O4S/c1-17(2)23(28-24(30)18-11-7-6-8-12-18)25(31)27-21-15-9-14-20-19(21)13-10-16-22(20)34(32,33)29-26(3,4)5/h6-17,23,29H,1-5H3,(H,27,31)(H,28,30)/t23-/m0/s1. The lowest BCUT2D eigenvalue weighted by molar-refractivity contribution is -0.118. The Labute approximate surface area is 201 Å². The second kappa shape index (κ2) is 9.95. The Morgan fingerprint density at radius 2 is 1.44 bits per heavy atom. The summed E-state index contributed by atoms with van der Waals surface area (Å²) in [7, 11) is -3.79. The first-order chi connectivity index (χ1) is 15.9. The van der Waals surface area contributed by atoms with Crippen molar-refractivity contribution >= 4 is 38.3 Å². The number of nitrogens with one attached hydrogen (secondary N) is 3. The number of fused-ring (bicyclic) bond motifs is 1. The van der Waals surface area contributed by atoms with Crippen molar-refractivity contribution in [1.29, 1.82) is 0 Å². The maximum absolute atomic E-state index is 13.2. The monoisotopic (exact) mass is 481 g/mol. The van der Waals surface area contributed by atoms with E-state index in [4.69, 9.17) is 0 Å². The van der Waals surface area contributed by atoms with Gasteiger partial charge in [-0.3, -0.25) is 9.59 Å². The largest absolute Gasteiger partial charge is 0.340 e. The number of amides is 2. The molecule has 0 aromatic heterocycles. The van der Waals surface area contributed by atoms with Gasteiger partial charge in [0, 0.05) is 27.6 Å². The van der Waals surface area contributed by atoms with E-state index < -0.39 is 21.6 Å². The second-order valence-corrected chi connectivity index (χ2v) is 11.2. The lowest BCUT2D eigenvalue weighted by Crippen LogP contribution is -2.47. The molecule has 0 aliphatic heterocycles. The Kier molecular flexibility index (Phi) is 7.43. The number of rotatable bonds is 7. The molecule has 180 valence electrons. The number of hydrogen-bond donors (Lipinski definition) is 3. The van der Waals surface area contributed by atoms with Gasteiger partial charge in [0.05, 0.1) is 4.90 Å². The molecule has 3 rings (SSSR count). The summed E-state index contributed by atoms with van der Waals surface area (Å²) in [6.07, 6.45) is 0. The lowest BCUT2D eigenvalue weighted by Gasteiger charge is -2.23. The molecule has 0 heterocycles. The highest BCUT2D eigenvalue weighted by Gasteiger charge is 2.27. The summed E-state index contributed by atoms with van der Waals surface area (Å²) >= 11 is 0. The van der Waals surface area contributed by atoms with Crippen LogP contribution in [0.4, 0.5) is 5.69 Å². The lowest BCUT2D eigenvalue weighted by atomic mass is 10.0. The van der Waals surface area contributed by atoms with Crippen LogP contribution in [0.3, 0.4) is 0 Å².